The Kier molecular flexibility index (Phi) is 7.00. The zero-order valence-corrected chi connectivity index (χ0v) is 16.7. The highest BCUT2D eigenvalue weighted by atomic mass is 16.5. The van der Waals surface area contributed by atoms with Gasteiger partial charge in [-0.3, -0.25) is 14.3 Å². The van der Waals surface area contributed by atoms with Gasteiger partial charge in [0.05, 0.1) is 32.7 Å². The summed E-state index contributed by atoms with van der Waals surface area (Å²) in [4.78, 5) is 24.9. The number of benzene rings is 1. The number of aromatic nitrogens is 2. The minimum atomic E-state index is -0.931. The van der Waals surface area contributed by atoms with Gasteiger partial charge in [-0.2, -0.15) is 5.10 Å². The lowest BCUT2D eigenvalue weighted by Gasteiger charge is -2.24. The maximum Gasteiger partial charge on any atom is 0.255 e. The SMILES string of the molecule is COCCNC(=O)C(C)(C)n1cc(NC(=O)c2ccc(OC)c(OC)c2)cn1. The molecule has 0 unspecified atom stereocenters. The third-order valence-corrected chi connectivity index (χ3v) is 4.21. The smallest absolute Gasteiger partial charge is 0.255 e. The van der Waals surface area contributed by atoms with Crippen molar-refractivity contribution in [2.75, 3.05) is 39.8 Å². The van der Waals surface area contributed by atoms with Crippen LogP contribution in [-0.4, -0.2) is 56.1 Å². The van der Waals surface area contributed by atoms with Crippen LogP contribution in [0.1, 0.15) is 24.2 Å². The number of ether oxygens (including phenoxy) is 3. The van der Waals surface area contributed by atoms with Gasteiger partial charge in [0.25, 0.3) is 5.91 Å². The third kappa shape index (κ3) is 4.80. The zero-order chi connectivity index (χ0) is 20.7. The zero-order valence-electron chi connectivity index (χ0n) is 16.7. The summed E-state index contributed by atoms with van der Waals surface area (Å²) < 4.78 is 16.8. The molecule has 0 atom stereocenters. The number of nitrogens with one attached hydrogen (secondary N) is 2. The van der Waals surface area contributed by atoms with Gasteiger partial charge in [-0.25, -0.2) is 0 Å². The monoisotopic (exact) mass is 390 g/mol. The molecule has 0 fully saturated rings. The predicted molar refractivity (Wildman–Crippen MR) is 104 cm³/mol. The molecule has 28 heavy (non-hydrogen) atoms. The van der Waals surface area contributed by atoms with Crippen molar-refractivity contribution in [3.63, 3.8) is 0 Å². The molecule has 0 bridgehead atoms. The summed E-state index contributed by atoms with van der Waals surface area (Å²) in [6, 6.07) is 4.88. The van der Waals surface area contributed by atoms with Crippen molar-refractivity contribution >= 4 is 17.5 Å². The summed E-state index contributed by atoms with van der Waals surface area (Å²) in [6.45, 7) is 4.31. The first-order valence-electron chi connectivity index (χ1n) is 8.69. The Bertz CT molecular complexity index is 831. The molecular weight excluding hydrogens is 364 g/mol. The van der Waals surface area contributed by atoms with E-state index in [1.807, 2.05) is 0 Å². The molecule has 2 N–H and O–H groups in total. The standard InChI is InChI=1S/C19H26N4O5/c1-19(2,18(25)20-8-9-26-3)23-12-14(11-21-23)22-17(24)13-6-7-15(27-4)16(10-13)28-5/h6-7,10-12H,8-9H2,1-5H3,(H,20,25)(H,22,24). The Hall–Kier alpha value is -3.07. The predicted octanol–water partition coefficient (Wildman–Crippen LogP) is 1.65. The maximum absolute atomic E-state index is 12.5. The molecule has 9 heteroatoms. The number of hydrogen-bond acceptors (Lipinski definition) is 6. The van der Waals surface area contributed by atoms with E-state index >= 15 is 0 Å². The van der Waals surface area contributed by atoms with E-state index in [1.54, 1.807) is 45.4 Å². The van der Waals surface area contributed by atoms with E-state index in [9.17, 15) is 9.59 Å². The summed E-state index contributed by atoms with van der Waals surface area (Å²) >= 11 is 0. The molecule has 0 spiro atoms. The number of hydrogen-bond donors (Lipinski definition) is 2. The number of anilines is 1. The van der Waals surface area contributed by atoms with Crippen LogP contribution in [0.15, 0.2) is 30.6 Å². The molecule has 0 aliphatic rings. The van der Waals surface area contributed by atoms with Crippen molar-refractivity contribution in [3.05, 3.63) is 36.2 Å². The highest BCUT2D eigenvalue weighted by molar-refractivity contribution is 6.04. The minimum Gasteiger partial charge on any atom is -0.493 e. The number of carbonyl (C=O) groups excluding carboxylic acids is 2. The van der Waals surface area contributed by atoms with Crippen LogP contribution < -0.4 is 20.1 Å². The number of amides is 2. The largest absolute Gasteiger partial charge is 0.493 e. The first kappa shape index (κ1) is 21.2. The van der Waals surface area contributed by atoms with Gasteiger partial charge in [-0.15, -0.1) is 0 Å². The van der Waals surface area contributed by atoms with Crippen LogP contribution in [-0.2, 0) is 15.1 Å². The molecule has 2 aromatic rings. The van der Waals surface area contributed by atoms with Crippen LogP contribution in [0.4, 0.5) is 5.69 Å². The third-order valence-electron chi connectivity index (χ3n) is 4.21. The number of methoxy groups -OCH3 is 3. The maximum atomic E-state index is 12.5. The molecule has 9 nitrogen and oxygen atoms in total. The highest BCUT2D eigenvalue weighted by Crippen LogP contribution is 2.28. The minimum absolute atomic E-state index is 0.203. The second kappa shape index (κ2) is 9.23. The van der Waals surface area contributed by atoms with Crippen molar-refractivity contribution in [3.8, 4) is 11.5 Å². The fourth-order valence-electron chi connectivity index (χ4n) is 2.46. The lowest BCUT2D eigenvalue weighted by molar-refractivity contribution is -0.129. The average Bonchev–Trinajstić information content (AvgIpc) is 3.16. The lowest BCUT2D eigenvalue weighted by Crippen LogP contribution is -2.45. The molecule has 152 valence electrons. The Labute approximate surface area is 164 Å². The molecule has 2 amide bonds. The second-order valence-corrected chi connectivity index (χ2v) is 6.51. The van der Waals surface area contributed by atoms with Crippen molar-refractivity contribution in [1.29, 1.82) is 0 Å². The number of nitrogens with zero attached hydrogens (tertiary/aromatic N) is 2. The average molecular weight is 390 g/mol. The Morgan fingerprint density at radius 3 is 2.50 bits per heavy atom. The van der Waals surface area contributed by atoms with Crippen LogP contribution in [0, 0.1) is 0 Å². The summed E-state index contributed by atoms with van der Waals surface area (Å²) in [7, 11) is 4.60. The van der Waals surface area contributed by atoms with Crippen LogP contribution in [0.5, 0.6) is 11.5 Å². The molecule has 2 rings (SSSR count). The molecule has 0 saturated heterocycles. The van der Waals surface area contributed by atoms with E-state index in [0.29, 0.717) is 35.9 Å². The second-order valence-electron chi connectivity index (χ2n) is 6.51. The summed E-state index contributed by atoms with van der Waals surface area (Å²) in [5, 5.41) is 9.75. The molecule has 0 aliphatic heterocycles. The van der Waals surface area contributed by atoms with Gasteiger partial charge in [-0.1, -0.05) is 0 Å². The fourth-order valence-corrected chi connectivity index (χ4v) is 2.46. The quantitative estimate of drug-likeness (QED) is 0.631. The van der Waals surface area contributed by atoms with Crippen LogP contribution in [0.2, 0.25) is 0 Å². The summed E-state index contributed by atoms with van der Waals surface area (Å²) in [6.07, 6.45) is 3.09. The van der Waals surface area contributed by atoms with E-state index in [4.69, 9.17) is 14.2 Å². The molecule has 0 saturated carbocycles. The number of carbonyl (C=O) groups is 2. The van der Waals surface area contributed by atoms with E-state index in [-0.39, 0.29) is 11.8 Å². The Morgan fingerprint density at radius 2 is 1.86 bits per heavy atom. The summed E-state index contributed by atoms with van der Waals surface area (Å²) in [5.41, 5.74) is -0.0559. The first-order chi connectivity index (χ1) is 13.3. The van der Waals surface area contributed by atoms with Crippen molar-refractivity contribution in [1.82, 2.24) is 15.1 Å². The van der Waals surface area contributed by atoms with Crippen molar-refractivity contribution in [2.24, 2.45) is 0 Å². The topological polar surface area (TPSA) is 104 Å². The molecule has 1 aromatic heterocycles. The van der Waals surface area contributed by atoms with E-state index in [2.05, 4.69) is 15.7 Å². The van der Waals surface area contributed by atoms with Gasteiger partial charge in [0.2, 0.25) is 5.91 Å². The number of rotatable bonds is 9. The van der Waals surface area contributed by atoms with Gasteiger partial charge in [-0.05, 0) is 32.0 Å². The molecular formula is C19H26N4O5. The molecule has 1 aromatic carbocycles. The molecule has 0 aliphatic carbocycles. The Balaban J connectivity index is 2.09. The van der Waals surface area contributed by atoms with Gasteiger partial charge in [0.1, 0.15) is 5.54 Å². The molecule has 0 radical (unpaired) electrons. The van der Waals surface area contributed by atoms with Gasteiger partial charge < -0.3 is 24.8 Å². The van der Waals surface area contributed by atoms with Gasteiger partial charge in [0.15, 0.2) is 11.5 Å². The van der Waals surface area contributed by atoms with Crippen LogP contribution in [0.3, 0.4) is 0 Å². The van der Waals surface area contributed by atoms with Crippen LogP contribution >= 0.6 is 0 Å². The fraction of sp³-hybridized carbons (Fsp3) is 0.421. The van der Waals surface area contributed by atoms with Gasteiger partial charge in [0, 0.05) is 25.4 Å². The normalized spacial score (nSPS) is 11.0. The van der Waals surface area contributed by atoms with Crippen molar-refractivity contribution in [2.45, 2.75) is 19.4 Å². The summed E-state index contributed by atoms with van der Waals surface area (Å²) in [5.74, 6) is 0.459. The molecule has 1 heterocycles. The van der Waals surface area contributed by atoms with E-state index in [0.717, 1.165) is 0 Å². The highest BCUT2D eigenvalue weighted by Gasteiger charge is 2.30. The van der Waals surface area contributed by atoms with Gasteiger partial charge >= 0.3 is 0 Å². The van der Waals surface area contributed by atoms with Crippen molar-refractivity contribution < 1.29 is 23.8 Å². The van der Waals surface area contributed by atoms with E-state index < -0.39 is 5.54 Å². The van der Waals surface area contributed by atoms with E-state index in [1.165, 1.54) is 25.1 Å². The van der Waals surface area contributed by atoms with Crippen LogP contribution in [0.25, 0.3) is 0 Å². The first-order valence-corrected chi connectivity index (χ1v) is 8.69. The Morgan fingerprint density at radius 1 is 1.14 bits per heavy atom. The lowest BCUT2D eigenvalue weighted by atomic mass is 10.1.